The lowest BCUT2D eigenvalue weighted by atomic mass is 9.48. The smallest absolute Gasteiger partial charge is 0.335 e. The Morgan fingerprint density at radius 3 is 2.21 bits per heavy atom. The van der Waals surface area contributed by atoms with Crippen molar-refractivity contribution in [3.8, 4) is 11.4 Å². The van der Waals surface area contributed by atoms with Gasteiger partial charge in [-0.15, -0.1) is 0 Å². The Balaban J connectivity index is 1.18. The van der Waals surface area contributed by atoms with Crippen LogP contribution in [0.3, 0.4) is 0 Å². The van der Waals surface area contributed by atoms with Gasteiger partial charge >= 0.3 is 6.03 Å². The van der Waals surface area contributed by atoms with E-state index in [2.05, 4.69) is 34.1 Å². The second kappa shape index (κ2) is 10.0. The van der Waals surface area contributed by atoms with Crippen molar-refractivity contribution in [2.75, 3.05) is 11.5 Å². The molecule has 8 rings (SSSR count). The van der Waals surface area contributed by atoms with Gasteiger partial charge < -0.3 is 9.30 Å². The molecule has 7 nitrogen and oxygen atoms in total. The molecule has 0 atom stereocenters. The number of barbiturate groups is 1. The number of aryl methyl sites for hydroxylation is 1. The van der Waals surface area contributed by atoms with Crippen molar-refractivity contribution in [2.45, 2.75) is 64.7 Å². The molecule has 1 aliphatic heterocycles. The quantitative estimate of drug-likeness (QED) is 0.270. The number of rotatable bonds is 6. The maximum absolute atomic E-state index is 13.5. The van der Waals surface area contributed by atoms with Gasteiger partial charge in [0.05, 0.1) is 12.3 Å². The molecule has 0 spiro atoms. The van der Waals surface area contributed by atoms with Gasteiger partial charge in [0.2, 0.25) is 0 Å². The SMILES string of the molecule is CCOc1cccc(N2C(=O)NC(=O)/C(=C\c3cc(C)n(-c4ccc(C56CC7CC(CC(C7)C5)C6)cc4)c3C)C2=O)c1. The van der Waals surface area contributed by atoms with Crippen LogP contribution in [-0.4, -0.2) is 29.0 Å². The molecule has 4 bridgehead atoms. The van der Waals surface area contributed by atoms with Crippen molar-refractivity contribution in [1.82, 2.24) is 9.88 Å². The molecular formula is C35H37N3O4. The van der Waals surface area contributed by atoms with Crippen molar-refractivity contribution < 1.29 is 19.1 Å². The summed E-state index contributed by atoms with van der Waals surface area (Å²) in [4.78, 5) is 40.1. The summed E-state index contributed by atoms with van der Waals surface area (Å²) >= 11 is 0. The number of carbonyl (C=O) groups is 3. The molecule has 4 aliphatic carbocycles. The van der Waals surface area contributed by atoms with Crippen LogP contribution in [0.5, 0.6) is 5.75 Å². The van der Waals surface area contributed by atoms with Gasteiger partial charge in [0.25, 0.3) is 11.8 Å². The highest BCUT2D eigenvalue weighted by Gasteiger charge is 2.51. The number of nitrogens with zero attached hydrogens (tertiary/aromatic N) is 2. The second-order valence-electron chi connectivity index (χ2n) is 12.8. The molecule has 0 unspecified atom stereocenters. The lowest BCUT2D eigenvalue weighted by molar-refractivity contribution is -0.122. The number of carbonyl (C=O) groups excluding carboxylic acids is 3. The maximum atomic E-state index is 13.5. The zero-order valence-corrected chi connectivity index (χ0v) is 24.5. The summed E-state index contributed by atoms with van der Waals surface area (Å²) in [6.07, 6.45) is 9.90. The minimum atomic E-state index is -0.777. The first-order chi connectivity index (χ1) is 20.2. The van der Waals surface area contributed by atoms with Crippen LogP contribution in [0.1, 0.15) is 68.0 Å². The van der Waals surface area contributed by atoms with Crippen LogP contribution in [-0.2, 0) is 15.0 Å². The fourth-order valence-electron chi connectivity index (χ4n) is 8.69. The Kier molecular flexibility index (Phi) is 6.37. The number of amides is 4. The first-order valence-corrected chi connectivity index (χ1v) is 15.2. The van der Waals surface area contributed by atoms with Gasteiger partial charge in [-0.05, 0) is 130 Å². The van der Waals surface area contributed by atoms with Crippen molar-refractivity contribution in [3.05, 3.63) is 82.7 Å². The van der Waals surface area contributed by atoms with Gasteiger partial charge in [-0.3, -0.25) is 14.9 Å². The van der Waals surface area contributed by atoms with E-state index in [4.69, 9.17) is 4.74 Å². The second-order valence-corrected chi connectivity index (χ2v) is 12.8. The average Bonchev–Trinajstić information content (AvgIpc) is 3.23. The molecule has 2 aromatic carbocycles. The highest BCUT2D eigenvalue weighted by molar-refractivity contribution is 6.39. The molecule has 216 valence electrons. The number of hydrogen-bond acceptors (Lipinski definition) is 4. The Morgan fingerprint density at radius 2 is 1.57 bits per heavy atom. The summed E-state index contributed by atoms with van der Waals surface area (Å²) in [6, 6.07) is 17.0. The number of urea groups is 1. The van der Waals surface area contributed by atoms with E-state index in [9.17, 15) is 14.4 Å². The molecule has 1 N–H and O–H groups in total. The van der Waals surface area contributed by atoms with Crippen molar-refractivity contribution in [3.63, 3.8) is 0 Å². The Hall–Kier alpha value is -4.13. The number of ether oxygens (including phenoxy) is 1. The third-order valence-electron chi connectivity index (χ3n) is 10.0. The number of hydrogen-bond donors (Lipinski definition) is 1. The minimum Gasteiger partial charge on any atom is -0.494 e. The summed E-state index contributed by atoms with van der Waals surface area (Å²) in [6.45, 7) is 6.33. The van der Waals surface area contributed by atoms with E-state index in [1.54, 1.807) is 30.3 Å². The summed E-state index contributed by atoms with van der Waals surface area (Å²) < 4.78 is 7.70. The largest absolute Gasteiger partial charge is 0.494 e. The van der Waals surface area contributed by atoms with E-state index in [0.29, 0.717) is 23.5 Å². The van der Waals surface area contributed by atoms with Crippen LogP contribution < -0.4 is 15.0 Å². The Morgan fingerprint density at radius 1 is 0.905 bits per heavy atom. The lowest BCUT2D eigenvalue weighted by Crippen LogP contribution is -2.54. The van der Waals surface area contributed by atoms with E-state index in [1.807, 2.05) is 26.8 Å². The Bertz CT molecular complexity index is 1590. The number of aromatic nitrogens is 1. The normalized spacial score (nSPS) is 27.6. The molecule has 4 amide bonds. The summed E-state index contributed by atoms with van der Waals surface area (Å²) in [5, 5.41) is 2.32. The van der Waals surface area contributed by atoms with Crippen LogP contribution in [0, 0.1) is 31.6 Å². The van der Waals surface area contributed by atoms with Gasteiger partial charge in [0.1, 0.15) is 11.3 Å². The third-order valence-corrected chi connectivity index (χ3v) is 10.0. The molecule has 7 heteroatoms. The van der Waals surface area contributed by atoms with E-state index < -0.39 is 17.8 Å². The minimum absolute atomic E-state index is 0.0890. The van der Waals surface area contributed by atoms with Crippen LogP contribution in [0.25, 0.3) is 11.8 Å². The first-order valence-electron chi connectivity index (χ1n) is 15.2. The summed E-state index contributed by atoms with van der Waals surface area (Å²) in [5.74, 6) is 1.88. The molecule has 5 aliphatic rings. The van der Waals surface area contributed by atoms with Crippen LogP contribution in [0.2, 0.25) is 0 Å². The van der Waals surface area contributed by atoms with Gasteiger partial charge in [-0.1, -0.05) is 18.2 Å². The predicted octanol–water partition coefficient (Wildman–Crippen LogP) is 6.63. The van der Waals surface area contributed by atoms with Crippen LogP contribution in [0.15, 0.2) is 60.2 Å². The maximum Gasteiger partial charge on any atom is 0.335 e. The summed E-state index contributed by atoms with van der Waals surface area (Å²) in [7, 11) is 0. The van der Waals surface area contributed by atoms with Gasteiger partial charge in [0.15, 0.2) is 0 Å². The first kappa shape index (κ1) is 26.7. The van der Waals surface area contributed by atoms with Crippen molar-refractivity contribution in [1.29, 1.82) is 0 Å². The van der Waals surface area contributed by atoms with E-state index in [-0.39, 0.29) is 5.57 Å². The Labute approximate surface area is 246 Å². The van der Waals surface area contributed by atoms with E-state index in [1.165, 1.54) is 44.1 Å². The molecule has 2 heterocycles. The molecule has 5 fully saturated rings. The summed E-state index contributed by atoms with van der Waals surface area (Å²) in [5.41, 5.74) is 5.83. The van der Waals surface area contributed by atoms with Crippen molar-refractivity contribution >= 4 is 29.6 Å². The molecule has 42 heavy (non-hydrogen) atoms. The number of nitrogens with one attached hydrogen (secondary N) is 1. The fraction of sp³-hybridized carbons (Fsp3) is 0.400. The molecular weight excluding hydrogens is 526 g/mol. The van der Waals surface area contributed by atoms with Gasteiger partial charge in [-0.2, -0.15) is 0 Å². The highest BCUT2D eigenvalue weighted by atomic mass is 16.5. The zero-order valence-electron chi connectivity index (χ0n) is 24.5. The third kappa shape index (κ3) is 4.37. The zero-order chi connectivity index (χ0) is 29.2. The van der Waals surface area contributed by atoms with Gasteiger partial charge in [0, 0.05) is 23.1 Å². The van der Waals surface area contributed by atoms with Gasteiger partial charge in [-0.25, -0.2) is 9.69 Å². The molecule has 1 aromatic heterocycles. The molecule has 0 radical (unpaired) electrons. The topological polar surface area (TPSA) is 80.6 Å². The van der Waals surface area contributed by atoms with E-state index in [0.717, 1.165) is 45.3 Å². The number of imide groups is 2. The van der Waals surface area contributed by atoms with Crippen molar-refractivity contribution in [2.24, 2.45) is 17.8 Å². The lowest BCUT2D eigenvalue weighted by Gasteiger charge is -2.57. The molecule has 3 aromatic rings. The number of benzene rings is 2. The monoisotopic (exact) mass is 563 g/mol. The van der Waals surface area contributed by atoms with Crippen LogP contribution >= 0.6 is 0 Å². The highest BCUT2D eigenvalue weighted by Crippen LogP contribution is 2.60. The number of anilines is 1. The fourth-order valence-corrected chi connectivity index (χ4v) is 8.69. The van der Waals surface area contributed by atoms with E-state index >= 15 is 0 Å². The average molecular weight is 564 g/mol. The molecule has 4 saturated carbocycles. The molecule has 1 saturated heterocycles. The standard InChI is InChI=1S/C35H37N3O4/c1-4-42-30-7-5-6-29(17-30)38-33(40)31(32(39)36-34(38)41)16-26-12-21(2)37(22(26)3)28-10-8-27(9-11-28)35-18-23-13-24(19-35)15-25(14-23)20-35/h5-12,16-17,23-25H,4,13-15,18-20H2,1-3H3,(H,36,39,41)/b31-16+. The predicted molar refractivity (Wildman–Crippen MR) is 162 cm³/mol. The van der Waals surface area contributed by atoms with Crippen LogP contribution in [0.4, 0.5) is 10.5 Å².